The maximum atomic E-state index is 10.9. The Morgan fingerprint density at radius 2 is 2.05 bits per heavy atom. The van der Waals surface area contributed by atoms with Crippen LogP contribution in [0.25, 0.3) is 0 Å². The second-order valence-corrected chi connectivity index (χ2v) is 5.94. The second-order valence-electron chi connectivity index (χ2n) is 5.94. The van der Waals surface area contributed by atoms with Gasteiger partial charge in [0.15, 0.2) is 0 Å². The third-order valence-electron chi connectivity index (χ3n) is 4.64. The van der Waals surface area contributed by atoms with Crippen molar-refractivity contribution < 1.29 is 10.0 Å². The molecular formula is C14H20N4O3. The first-order valence-electron chi connectivity index (χ1n) is 7.26. The summed E-state index contributed by atoms with van der Waals surface area (Å²) in [6, 6.07) is 5.85. The van der Waals surface area contributed by atoms with Crippen molar-refractivity contribution in [2.45, 2.75) is 50.4 Å². The van der Waals surface area contributed by atoms with Gasteiger partial charge >= 0.3 is 0 Å². The molecule has 2 bridgehead atoms. The maximum absolute atomic E-state index is 10.9. The number of aliphatic hydroxyl groups is 1. The molecule has 2 aliphatic heterocycles. The van der Waals surface area contributed by atoms with Gasteiger partial charge in [-0.2, -0.15) is 0 Å². The fraction of sp³-hybridized carbons (Fsp3) is 0.571. The number of nitrogen functional groups attached to an aromatic ring is 1. The van der Waals surface area contributed by atoms with Crippen LogP contribution in [0.3, 0.4) is 0 Å². The van der Waals surface area contributed by atoms with Crippen LogP contribution in [-0.4, -0.2) is 33.1 Å². The molecule has 4 N–H and O–H groups in total. The van der Waals surface area contributed by atoms with Crippen LogP contribution in [0.5, 0.6) is 0 Å². The van der Waals surface area contributed by atoms with Crippen molar-refractivity contribution in [2.75, 3.05) is 5.43 Å². The number of benzene rings is 1. The zero-order valence-corrected chi connectivity index (χ0v) is 11.7. The summed E-state index contributed by atoms with van der Waals surface area (Å²) < 4.78 is 0. The molecule has 0 saturated carbocycles. The Labute approximate surface area is 122 Å². The topological polar surface area (TPSA) is 105 Å². The summed E-state index contributed by atoms with van der Waals surface area (Å²) in [6.07, 6.45) is 3.71. The molecular weight excluding hydrogens is 272 g/mol. The predicted molar refractivity (Wildman–Crippen MR) is 78.5 cm³/mol. The number of anilines is 1. The smallest absolute Gasteiger partial charge is 0.293 e. The van der Waals surface area contributed by atoms with Crippen LogP contribution in [0, 0.1) is 10.1 Å². The highest BCUT2D eigenvalue weighted by Gasteiger charge is 2.39. The summed E-state index contributed by atoms with van der Waals surface area (Å²) in [4.78, 5) is 12.9. The SMILES string of the molecule is NNc1cc(CN2C3CCC2CC(O)C3)ccc1[N+](=O)[O-]. The van der Waals surface area contributed by atoms with Crippen molar-refractivity contribution in [3.05, 3.63) is 33.9 Å². The Balaban J connectivity index is 1.78. The van der Waals surface area contributed by atoms with Crippen molar-refractivity contribution in [2.24, 2.45) is 5.84 Å². The molecule has 3 rings (SSSR count). The number of piperidine rings is 1. The molecule has 0 radical (unpaired) electrons. The van der Waals surface area contributed by atoms with E-state index in [1.54, 1.807) is 12.1 Å². The first-order valence-corrected chi connectivity index (χ1v) is 7.26. The molecule has 21 heavy (non-hydrogen) atoms. The largest absolute Gasteiger partial charge is 0.393 e. The third kappa shape index (κ3) is 2.72. The maximum Gasteiger partial charge on any atom is 0.293 e. The molecule has 0 amide bonds. The summed E-state index contributed by atoms with van der Waals surface area (Å²) in [5.41, 5.74) is 3.72. The molecule has 2 unspecified atom stereocenters. The molecule has 0 aromatic heterocycles. The van der Waals surface area contributed by atoms with Gasteiger partial charge in [0.1, 0.15) is 5.69 Å². The van der Waals surface area contributed by atoms with Crippen molar-refractivity contribution in [3.63, 3.8) is 0 Å². The van der Waals surface area contributed by atoms with Crippen molar-refractivity contribution in [1.29, 1.82) is 0 Å². The van der Waals surface area contributed by atoms with E-state index in [2.05, 4.69) is 10.3 Å². The number of nitrogens with two attached hydrogens (primary N) is 1. The number of nitrogens with one attached hydrogen (secondary N) is 1. The van der Waals surface area contributed by atoms with Gasteiger partial charge < -0.3 is 10.5 Å². The average Bonchev–Trinajstić information content (AvgIpc) is 2.70. The monoisotopic (exact) mass is 292 g/mol. The van der Waals surface area contributed by atoms with E-state index >= 15 is 0 Å². The van der Waals surface area contributed by atoms with Gasteiger partial charge in [0.2, 0.25) is 0 Å². The predicted octanol–water partition coefficient (Wildman–Crippen LogP) is 1.37. The quantitative estimate of drug-likeness (QED) is 0.440. The van der Waals surface area contributed by atoms with Gasteiger partial charge in [-0.05, 0) is 37.3 Å². The molecule has 114 valence electrons. The van der Waals surface area contributed by atoms with Gasteiger partial charge in [-0.3, -0.25) is 20.9 Å². The zero-order chi connectivity index (χ0) is 15.0. The number of hydrogen-bond donors (Lipinski definition) is 3. The number of fused-ring (bicyclic) bond motifs is 2. The summed E-state index contributed by atoms with van der Waals surface area (Å²) in [7, 11) is 0. The van der Waals surface area contributed by atoms with E-state index in [-0.39, 0.29) is 11.8 Å². The molecule has 0 aliphatic carbocycles. The number of hydrogen-bond acceptors (Lipinski definition) is 6. The van der Waals surface area contributed by atoms with Crippen LogP contribution < -0.4 is 11.3 Å². The number of nitro benzene ring substituents is 1. The number of nitrogens with zero attached hydrogens (tertiary/aromatic N) is 2. The molecule has 2 heterocycles. The van der Waals surface area contributed by atoms with E-state index < -0.39 is 4.92 Å². The minimum atomic E-state index is -0.445. The summed E-state index contributed by atoms with van der Waals surface area (Å²) in [5.74, 6) is 5.37. The minimum absolute atomic E-state index is 0.0155. The summed E-state index contributed by atoms with van der Waals surface area (Å²) in [6.45, 7) is 0.745. The van der Waals surface area contributed by atoms with Crippen LogP contribution >= 0.6 is 0 Å². The van der Waals surface area contributed by atoms with Crippen LogP contribution in [-0.2, 0) is 6.54 Å². The standard InChI is InChI=1S/C14H20N4O3/c15-16-13-5-9(1-4-14(13)18(20)21)8-17-10-2-3-11(17)7-12(19)6-10/h1,4-5,10-12,16,19H,2-3,6-8,15H2. The average molecular weight is 292 g/mol. The van der Waals surface area contributed by atoms with Gasteiger partial charge in [0, 0.05) is 24.7 Å². The van der Waals surface area contributed by atoms with Crippen molar-refractivity contribution >= 4 is 11.4 Å². The number of nitro groups is 1. The lowest BCUT2D eigenvalue weighted by molar-refractivity contribution is -0.384. The lowest BCUT2D eigenvalue weighted by Gasteiger charge is -2.37. The Bertz CT molecular complexity index is 537. The van der Waals surface area contributed by atoms with Crippen LogP contribution in [0.1, 0.15) is 31.2 Å². The number of rotatable bonds is 4. The van der Waals surface area contributed by atoms with E-state index in [1.165, 1.54) is 6.07 Å². The van der Waals surface area contributed by atoms with E-state index in [9.17, 15) is 15.2 Å². The highest BCUT2D eigenvalue weighted by atomic mass is 16.6. The molecule has 2 fully saturated rings. The van der Waals surface area contributed by atoms with E-state index in [4.69, 9.17) is 5.84 Å². The van der Waals surface area contributed by atoms with Gasteiger partial charge in [-0.1, -0.05) is 6.07 Å². The van der Waals surface area contributed by atoms with Crippen molar-refractivity contribution in [3.8, 4) is 0 Å². The number of hydrazine groups is 1. The van der Waals surface area contributed by atoms with Crippen LogP contribution in [0.15, 0.2) is 18.2 Å². The lowest BCUT2D eigenvalue weighted by Crippen LogP contribution is -2.44. The van der Waals surface area contributed by atoms with Gasteiger partial charge in [-0.15, -0.1) is 0 Å². The molecule has 2 aliphatic rings. The Morgan fingerprint density at radius 3 is 2.62 bits per heavy atom. The second kappa shape index (κ2) is 5.59. The summed E-state index contributed by atoms with van der Waals surface area (Å²) in [5, 5.41) is 20.7. The first kappa shape index (κ1) is 14.2. The van der Waals surface area contributed by atoms with E-state index in [0.29, 0.717) is 17.8 Å². The highest BCUT2D eigenvalue weighted by molar-refractivity contribution is 5.62. The molecule has 7 nitrogen and oxygen atoms in total. The third-order valence-corrected chi connectivity index (χ3v) is 4.64. The van der Waals surface area contributed by atoms with Crippen LogP contribution in [0.2, 0.25) is 0 Å². The molecule has 1 aromatic carbocycles. The van der Waals surface area contributed by atoms with Gasteiger partial charge in [0.05, 0.1) is 11.0 Å². The lowest BCUT2D eigenvalue weighted by atomic mass is 9.99. The Morgan fingerprint density at radius 1 is 1.38 bits per heavy atom. The van der Waals surface area contributed by atoms with Crippen LogP contribution in [0.4, 0.5) is 11.4 Å². The van der Waals surface area contributed by atoms with Gasteiger partial charge in [-0.25, -0.2) is 0 Å². The highest BCUT2D eigenvalue weighted by Crippen LogP contribution is 2.37. The van der Waals surface area contributed by atoms with E-state index in [0.717, 1.165) is 37.8 Å². The Kier molecular flexibility index (Phi) is 3.79. The van der Waals surface area contributed by atoms with Gasteiger partial charge in [0.25, 0.3) is 5.69 Å². The molecule has 2 atom stereocenters. The number of aliphatic hydroxyl groups excluding tert-OH is 1. The zero-order valence-electron chi connectivity index (χ0n) is 11.7. The molecule has 7 heteroatoms. The fourth-order valence-corrected chi connectivity index (χ4v) is 3.67. The molecule has 0 spiro atoms. The first-order chi connectivity index (χ1) is 10.1. The minimum Gasteiger partial charge on any atom is -0.393 e. The fourth-order valence-electron chi connectivity index (χ4n) is 3.67. The molecule has 2 saturated heterocycles. The summed E-state index contributed by atoms with van der Waals surface area (Å²) >= 11 is 0. The Hall–Kier alpha value is -1.70. The van der Waals surface area contributed by atoms with E-state index in [1.807, 2.05) is 0 Å². The normalized spacial score (nSPS) is 28.6. The molecule has 1 aromatic rings. The van der Waals surface area contributed by atoms with Crippen molar-refractivity contribution in [1.82, 2.24) is 4.90 Å².